The second-order valence-corrected chi connectivity index (χ2v) is 4.23. The lowest BCUT2D eigenvalue weighted by Crippen LogP contribution is -2.06. The van der Waals surface area contributed by atoms with E-state index in [2.05, 4.69) is 4.98 Å². The molecule has 0 spiro atoms. The number of nitrogens with two attached hydrogens (primary N) is 1. The number of aliphatic hydroxyl groups is 1. The quantitative estimate of drug-likeness (QED) is 0.893. The molecule has 0 aliphatic rings. The normalized spacial score (nSPS) is 12.2. The van der Waals surface area contributed by atoms with Crippen molar-refractivity contribution in [2.24, 2.45) is 0 Å². The van der Waals surface area contributed by atoms with Crippen LogP contribution < -0.4 is 10.5 Å². The van der Waals surface area contributed by atoms with Gasteiger partial charge in [0, 0.05) is 34.2 Å². The summed E-state index contributed by atoms with van der Waals surface area (Å²) in [5, 5.41) is 10.9. The fourth-order valence-electron chi connectivity index (χ4n) is 1.72. The van der Waals surface area contributed by atoms with Gasteiger partial charge in [0.05, 0.1) is 7.11 Å². The highest BCUT2D eigenvalue weighted by Crippen LogP contribution is 2.33. The Morgan fingerprint density at radius 1 is 1.33 bits per heavy atom. The van der Waals surface area contributed by atoms with Crippen LogP contribution in [0.2, 0.25) is 5.02 Å². The minimum absolute atomic E-state index is 0.481. The van der Waals surface area contributed by atoms with Gasteiger partial charge in [0.15, 0.2) is 0 Å². The molecule has 0 aliphatic heterocycles. The van der Waals surface area contributed by atoms with Gasteiger partial charge in [-0.3, -0.25) is 4.98 Å². The van der Waals surface area contributed by atoms with Crippen LogP contribution in [0.5, 0.6) is 5.75 Å². The Morgan fingerprint density at radius 2 is 2.11 bits per heavy atom. The molecule has 0 fully saturated rings. The van der Waals surface area contributed by atoms with Gasteiger partial charge >= 0.3 is 0 Å². The van der Waals surface area contributed by atoms with Crippen LogP contribution in [0.4, 0.5) is 5.69 Å². The van der Waals surface area contributed by atoms with E-state index in [9.17, 15) is 5.11 Å². The predicted octanol–water partition coefficient (Wildman–Crippen LogP) is 2.41. The van der Waals surface area contributed by atoms with Gasteiger partial charge in [-0.15, -0.1) is 0 Å². The molecule has 1 heterocycles. The summed E-state index contributed by atoms with van der Waals surface area (Å²) < 4.78 is 5.20. The Morgan fingerprint density at radius 3 is 2.78 bits per heavy atom. The number of hydrogen-bond acceptors (Lipinski definition) is 4. The number of ether oxygens (including phenoxy) is 1. The van der Waals surface area contributed by atoms with E-state index >= 15 is 0 Å². The number of pyridine rings is 1. The summed E-state index contributed by atoms with van der Waals surface area (Å²) in [6.45, 7) is 0. The third-order valence-corrected chi connectivity index (χ3v) is 2.91. The topological polar surface area (TPSA) is 68.4 Å². The number of aliphatic hydroxyl groups excluding tert-OH is 1. The predicted molar refractivity (Wildman–Crippen MR) is 70.7 cm³/mol. The molecule has 2 rings (SSSR count). The van der Waals surface area contributed by atoms with Gasteiger partial charge in [0.2, 0.25) is 0 Å². The zero-order valence-corrected chi connectivity index (χ0v) is 10.6. The van der Waals surface area contributed by atoms with E-state index in [1.54, 1.807) is 30.5 Å². The standard InChI is InChI=1S/C13H13ClN2O2/c1-18-12-6-8(14)2-3-9(12)13(17)10-7-16-5-4-11(10)15/h2-7,13,17H,1H3,(H2,15,16). The van der Waals surface area contributed by atoms with E-state index < -0.39 is 6.10 Å². The van der Waals surface area contributed by atoms with Crippen LogP contribution in [0.25, 0.3) is 0 Å². The molecule has 1 atom stereocenters. The first-order valence-electron chi connectivity index (χ1n) is 5.34. The van der Waals surface area contributed by atoms with Crippen LogP contribution in [-0.2, 0) is 0 Å². The Kier molecular flexibility index (Phi) is 3.69. The molecule has 0 amide bonds. The zero-order valence-electron chi connectivity index (χ0n) is 9.80. The molecule has 0 saturated heterocycles. The average Bonchev–Trinajstić information content (AvgIpc) is 2.38. The third kappa shape index (κ3) is 2.39. The fraction of sp³-hybridized carbons (Fsp3) is 0.154. The molecule has 4 nitrogen and oxygen atoms in total. The van der Waals surface area contributed by atoms with Crippen LogP contribution in [-0.4, -0.2) is 17.2 Å². The monoisotopic (exact) mass is 264 g/mol. The molecule has 0 radical (unpaired) electrons. The maximum Gasteiger partial charge on any atom is 0.126 e. The third-order valence-electron chi connectivity index (χ3n) is 2.67. The number of aromatic nitrogens is 1. The van der Waals surface area contributed by atoms with Crippen molar-refractivity contribution in [3.05, 3.63) is 52.8 Å². The lowest BCUT2D eigenvalue weighted by molar-refractivity contribution is 0.215. The first kappa shape index (κ1) is 12.7. The van der Waals surface area contributed by atoms with E-state index in [4.69, 9.17) is 22.1 Å². The molecule has 1 aromatic heterocycles. The van der Waals surface area contributed by atoms with Gasteiger partial charge in [-0.25, -0.2) is 0 Å². The smallest absolute Gasteiger partial charge is 0.126 e. The molecule has 1 aromatic carbocycles. The summed E-state index contributed by atoms with van der Waals surface area (Å²) in [7, 11) is 1.52. The number of rotatable bonds is 3. The number of hydrogen-bond donors (Lipinski definition) is 2. The van der Waals surface area contributed by atoms with Crippen molar-refractivity contribution in [2.75, 3.05) is 12.8 Å². The van der Waals surface area contributed by atoms with Gasteiger partial charge in [-0.1, -0.05) is 17.7 Å². The molecule has 0 bridgehead atoms. The van der Waals surface area contributed by atoms with Gasteiger partial charge in [-0.2, -0.15) is 0 Å². The summed E-state index contributed by atoms with van der Waals surface area (Å²) in [6, 6.07) is 6.68. The van der Waals surface area contributed by atoms with Crippen molar-refractivity contribution in [3.63, 3.8) is 0 Å². The Labute approximate surface area is 110 Å². The summed E-state index contributed by atoms with van der Waals surface area (Å²) in [4.78, 5) is 3.96. The SMILES string of the molecule is COc1cc(Cl)ccc1C(O)c1cnccc1N. The molecular weight excluding hydrogens is 252 g/mol. The van der Waals surface area contributed by atoms with Crippen molar-refractivity contribution in [2.45, 2.75) is 6.10 Å². The number of nitrogen functional groups attached to an aromatic ring is 1. The number of methoxy groups -OCH3 is 1. The van der Waals surface area contributed by atoms with Crippen molar-refractivity contribution in [3.8, 4) is 5.75 Å². The molecule has 2 aromatic rings. The van der Waals surface area contributed by atoms with Crippen molar-refractivity contribution >= 4 is 17.3 Å². The van der Waals surface area contributed by atoms with Crippen LogP contribution in [0.3, 0.4) is 0 Å². The van der Waals surface area contributed by atoms with Crippen LogP contribution in [0, 0.1) is 0 Å². The van der Waals surface area contributed by atoms with Crippen LogP contribution in [0.15, 0.2) is 36.7 Å². The molecule has 1 unspecified atom stereocenters. The Balaban J connectivity index is 2.46. The van der Waals surface area contributed by atoms with Crippen LogP contribution in [0.1, 0.15) is 17.2 Å². The van der Waals surface area contributed by atoms with Gasteiger partial charge < -0.3 is 15.6 Å². The first-order valence-corrected chi connectivity index (χ1v) is 5.72. The maximum absolute atomic E-state index is 10.3. The Bertz CT molecular complexity index is 560. The summed E-state index contributed by atoms with van der Waals surface area (Å²) in [5.74, 6) is 0.512. The Hall–Kier alpha value is -1.78. The second-order valence-electron chi connectivity index (χ2n) is 3.79. The zero-order chi connectivity index (χ0) is 13.1. The van der Waals surface area contributed by atoms with Gasteiger partial charge in [0.25, 0.3) is 0 Å². The molecule has 3 N–H and O–H groups in total. The molecule has 18 heavy (non-hydrogen) atoms. The highest BCUT2D eigenvalue weighted by molar-refractivity contribution is 6.30. The molecule has 94 valence electrons. The van der Waals surface area contributed by atoms with E-state index in [0.717, 1.165) is 0 Å². The largest absolute Gasteiger partial charge is 0.496 e. The number of nitrogens with zero attached hydrogens (tertiary/aromatic N) is 1. The molecule has 5 heteroatoms. The minimum Gasteiger partial charge on any atom is -0.496 e. The summed E-state index contributed by atoms with van der Waals surface area (Å²) >= 11 is 5.88. The van der Waals surface area contributed by atoms with E-state index in [1.165, 1.54) is 13.3 Å². The van der Waals surface area contributed by atoms with E-state index in [-0.39, 0.29) is 0 Å². The first-order chi connectivity index (χ1) is 8.63. The number of benzene rings is 1. The summed E-state index contributed by atoms with van der Waals surface area (Å²) in [6.07, 6.45) is 2.21. The lowest BCUT2D eigenvalue weighted by atomic mass is 10.0. The maximum atomic E-state index is 10.3. The van der Waals surface area contributed by atoms with Gasteiger partial charge in [0.1, 0.15) is 11.9 Å². The average molecular weight is 265 g/mol. The summed E-state index contributed by atoms with van der Waals surface area (Å²) in [5.41, 5.74) is 7.43. The van der Waals surface area contributed by atoms with Crippen LogP contribution >= 0.6 is 11.6 Å². The number of halogens is 1. The number of anilines is 1. The van der Waals surface area contributed by atoms with Crippen molar-refractivity contribution in [1.82, 2.24) is 4.98 Å². The molecular formula is C13H13ClN2O2. The van der Waals surface area contributed by atoms with Crippen molar-refractivity contribution in [1.29, 1.82) is 0 Å². The second kappa shape index (κ2) is 5.25. The highest BCUT2D eigenvalue weighted by Gasteiger charge is 2.18. The van der Waals surface area contributed by atoms with Crippen molar-refractivity contribution < 1.29 is 9.84 Å². The molecule has 0 aliphatic carbocycles. The highest BCUT2D eigenvalue weighted by atomic mass is 35.5. The molecule has 0 saturated carbocycles. The van der Waals surface area contributed by atoms with E-state index in [1.807, 2.05) is 0 Å². The van der Waals surface area contributed by atoms with E-state index in [0.29, 0.717) is 27.6 Å². The minimum atomic E-state index is -0.897. The fourth-order valence-corrected chi connectivity index (χ4v) is 1.89. The lowest BCUT2D eigenvalue weighted by Gasteiger charge is -2.16. The van der Waals surface area contributed by atoms with Gasteiger partial charge in [-0.05, 0) is 18.2 Å².